The number of nitrogens with one attached hydrogen (secondary N) is 13. The molecule has 3 aliphatic heterocycles. The van der Waals surface area contributed by atoms with E-state index in [0.29, 0.717) is 54.5 Å². The molecule has 0 bridgehead atoms. The minimum absolute atomic E-state index is 0.0241. The molecule has 12 atom stereocenters. The van der Waals surface area contributed by atoms with Gasteiger partial charge in [-0.25, -0.2) is 4.98 Å². The van der Waals surface area contributed by atoms with Gasteiger partial charge in [0, 0.05) is 112 Å². The lowest BCUT2D eigenvalue weighted by Gasteiger charge is -2.36. The van der Waals surface area contributed by atoms with E-state index in [4.69, 9.17) is 16.9 Å². The molecule has 15 amide bonds. The lowest BCUT2D eigenvalue weighted by Crippen LogP contribution is -2.60. The van der Waals surface area contributed by atoms with Gasteiger partial charge in [-0.2, -0.15) is 11.8 Å². The number of thiophene rings is 1. The van der Waals surface area contributed by atoms with Crippen LogP contribution >= 0.6 is 23.1 Å². The number of fused-ring (bicyclic) bond motifs is 4. The molecule has 682 valence electrons. The summed E-state index contributed by atoms with van der Waals surface area (Å²) >= 11 is 2.51. The third-order valence-electron chi connectivity index (χ3n) is 23.0. The van der Waals surface area contributed by atoms with Gasteiger partial charge in [-0.05, 0) is 122 Å². The van der Waals surface area contributed by atoms with Gasteiger partial charge < -0.3 is 104 Å². The molecular weight excluding hydrogens is 1660 g/mol. The molecule has 3 aromatic carbocycles. The number of unbranched alkanes of at least 4 members (excludes halogenated alkanes) is 2. The first-order valence-electron chi connectivity index (χ1n) is 43.0. The van der Waals surface area contributed by atoms with E-state index in [2.05, 4.69) is 68.1 Å². The molecule has 0 radical (unpaired) electrons. The van der Waals surface area contributed by atoms with Crippen LogP contribution in [-0.4, -0.2) is 277 Å². The summed E-state index contributed by atoms with van der Waals surface area (Å²) in [7, 11) is 4.19. The lowest BCUT2D eigenvalue weighted by atomic mass is 10.00. The van der Waals surface area contributed by atoms with Crippen LogP contribution in [0.1, 0.15) is 147 Å². The number of amides is 15. The van der Waals surface area contributed by atoms with E-state index >= 15 is 24.0 Å². The number of H-pyrrole nitrogens is 2. The van der Waals surface area contributed by atoms with Crippen molar-refractivity contribution < 1.29 is 77.0 Å². The molecule has 39 heteroatoms. The fraction of sp³-hybridized carbons (Fsp3) is 0.529. The Labute approximate surface area is 740 Å². The number of nitrogens with zero attached hydrogens (tertiary/aromatic N) is 6. The van der Waals surface area contributed by atoms with Crippen LogP contribution in [-0.2, 0) is 97.6 Å². The third kappa shape index (κ3) is 27.2. The van der Waals surface area contributed by atoms with E-state index in [0.717, 1.165) is 42.6 Å². The zero-order chi connectivity index (χ0) is 91.4. The first-order chi connectivity index (χ1) is 60.2. The maximum Gasteiger partial charge on any atom is 0.246 e. The number of benzene rings is 3. The van der Waals surface area contributed by atoms with Gasteiger partial charge in [-0.3, -0.25) is 77.3 Å². The summed E-state index contributed by atoms with van der Waals surface area (Å²) < 4.78 is 0.896. The van der Waals surface area contributed by atoms with Gasteiger partial charge in [0.1, 0.15) is 78.3 Å². The largest absolute Gasteiger partial charge is 0.508 e. The summed E-state index contributed by atoms with van der Waals surface area (Å²) in [4.78, 5) is 237. The highest BCUT2D eigenvalue weighted by Crippen LogP contribution is 2.30. The number of rotatable bonds is 22. The van der Waals surface area contributed by atoms with Gasteiger partial charge in [-0.15, -0.1) is 11.3 Å². The maximum atomic E-state index is 15.5. The zero-order valence-corrected chi connectivity index (χ0v) is 74.3. The minimum atomic E-state index is -1.69. The number of para-hydroxylation sites is 1. The van der Waals surface area contributed by atoms with Crippen molar-refractivity contribution in [2.75, 3.05) is 65.4 Å². The number of aromatic hydroxyl groups is 1. The van der Waals surface area contributed by atoms with Gasteiger partial charge in [0.25, 0.3) is 0 Å². The standard InChI is InChI=1S/C87H121N21O16S2/c1-9-11-24-67-79(117)99-60(23-17-33-93-87(89)90)76(114)92-34-37-125-48-74(112)98-64(39-52-29-31-56(109)32-30-52)82(120)104(6)51(5)75(113)102-66(43-72(88)110)85(123)108-36-19-27-69(108)81(119)101-62(42-55-45-91-49-96-55)78(116)103-63(38-50(3)4)84(122)107-35-18-26-68(107)80(118)100-61(40-53-44-94-59-22-15-13-20-57(53)59)77(115)95-46-73(111)97-65(41-54-47-126-71-28-16-14-21-58(54)71)83(121)106(8)70(25-12-10-2)86(124)105(67)7/h13-16,20-22,28-32,44-45,47,49-51,60-70,94,109H,9-12,17-19,23-27,33-43,46,48H2,1-8H3,(H2,88,110)(H,91,96)(H,92,114)(H,95,115)(H,97,111)(H,98,112)(H,99,117)(H,100,118)(H,101,119)(H,102,113)(H,103,116)(H4,89,90,93)/t51-,60-,61-,62-,63-,64-,65-,66-,67-,68-,69-,70-/m0/s1. The number of hydrogen-bond donors (Lipinski definition) is 16. The molecule has 6 heterocycles. The van der Waals surface area contributed by atoms with Gasteiger partial charge >= 0.3 is 0 Å². The molecule has 0 saturated carbocycles. The molecule has 126 heavy (non-hydrogen) atoms. The molecule has 3 aromatic heterocycles. The summed E-state index contributed by atoms with van der Waals surface area (Å²) in [6.45, 7) is 8.19. The third-order valence-corrected chi connectivity index (χ3v) is 25.0. The highest BCUT2D eigenvalue weighted by atomic mass is 32.2. The first-order valence-corrected chi connectivity index (χ1v) is 45.0. The second-order valence-electron chi connectivity index (χ2n) is 32.8. The molecule has 3 aliphatic rings. The van der Waals surface area contributed by atoms with Crippen molar-refractivity contribution in [3.63, 3.8) is 0 Å². The summed E-state index contributed by atoms with van der Waals surface area (Å²) in [6, 6.07) is 4.52. The molecule has 3 fully saturated rings. The van der Waals surface area contributed by atoms with E-state index in [-0.39, 0.29) is 132 Å². The molecule has 3 saturated heterocycles. The van der Waals surface area contributed by atoms with Gasteiger partial charge in [0.2, 0.25) is 88.6 Å². The highest BCUT2D eigenvalue weighted by Gasteiger charge is 2.45. The molecule has 6 aromatic rings. The van der Waals surface area contributed by atoms with Crippen molar-refractivity contribution in [2.24, 2.45) is 17.4 Å². The van der Waals surface area contributed by atoms with Crippen molar-refractivity contribution in [2.45, 2.75) is 223 Å². The lowest BCUT2D eigenvalue weighted by molar-refractivity contribution is -0.149. The van der Waals surface area contributed by atoms with Crippen molar-refractivity contribution in [1.82, 2.24) is 92.6 Å². The normalized spacial score (nSPS) is 24.0. The Hall–Kier alpha value is -12.2. The maximum absolute atomic E-state index is 15.5. The number of thioether (sulfide) groups is 1. The van der Waals surface area contributed by atoms with Crippen LogP contribution in [0.2, 0.25) is 0 Å². The van der Waals surface area contributed by atoms with Crippen LogP contribution in [0.3, 0.4) is 0 Å². The first kappa shape index (κ1) is 97.6. The quantitative estimate of drug-likeness (QED) is 0.0260. The fourth-order valence-corrected chi connectivity index (χ4v) is 17.6. The van der Waals surface area contributed by atoms with E-state index in [1.54, 1.807) is 6.20 Å². The number of aromatic amines is 2. The van der Waals surface area contributed by atoms with Crippen molar-refractivity contribution in [3.8, 4) is 5.75 Å². The topological polar surface area (TPSA) is 533 Å². The van der Waals surface area contributed by atoms with Crippen molar-refractivity contribution >= 4 is 139 Å². The Morgan fingerprint density at radius 3 is 1.79 bits per heavy atom. The number of primary amides is 1. The second kappa shape index (κ2) is 47.2. The van der Waals surface area contributed by atoms with Gasteiger partial charge in [0.05, 0.1) is 25.0 Å². The molecule has 0 unspecified atom stereocenters. The van der Waals surface area contributed by atoms with Gasteiger partial charge in [0.15, 0.2) is 5.96 Å². The number of phenols is 1. The van der Waals surface area contributed by atoms with Crippen LogP contribution in [0.5, 0.6) is 5.75 Å². The fourth-order valence-electron chi connectivity index (χ4n) is 16.0. The van der Waals surface area contributed by atoms with Crippen LogP contribution < -0.4 is 64.6 Å². The molecular formula is C87H121N21O16S2. The number of carbonyl (C=O) groups is 15. The van der Waals surface area contributed by atoms with Crippen molar-refractivity contribution in [1.29, 1.82) is 5.41 Å². The van der Waals surface area contributed by atoms with E-state index in [1.165, 1.54) is 90.9 Å². The SMILES string of the molecule is CCCC[C@H]1C(=O)N(C)[C@@H](CCCC)C(=O)N[C@@H](CCCNC(=N)N)C(=O)NCCSCC(=O)N[C@@H](Cc2ccc(O)cc2)C(=O)N(C)[C@@H](C)C(=O)N[C@@H](CC(N)=O)C(=O)N2CCC[C@H]2C(=O)N[C@@H](Cc2cnc[nH]2)C(=O)N[C@@H](CC(C)C)C(=O)N2CCC[C@H]2C(=O)N[C@@H](Cc2c[nH]c3ccccc23)C(=O)NCC(=O)N[C@@H](Cc2csc3ccccc23)C(=O)N1C. The number of likely N-dealkylation sites (N-methyl/N-ethyl adjacent to an activating group) is 3. The Morgan fingerprint density at radius 1 is 0.571 bits per heavy atom. The molecule has 9 rings (SSSR count). The summed E-state index contributed by atoms with van der Waals surface area (Å²) in [6.07, 6.45) is 6.55. The van der Waals surface area contributed by atoms with Crippen LogP contribution in [0.4, 0.5) is 0 Å². The number of imidazole rings is 1. The Kier molecular flexibility index (Phi) is 36.6. The monoisotopic (exact) mass is 1780 g/mol. The predicted octanol–water partition coefficient (Wildman–Crippen LogP) is 1.50. The zero-order valence-electron chi connectivity index (χ0n) is 72.6. The predicted molar refractivity (Wildman–Crippen MR) is 475 cm³/mol. The molecule has 18 N–H and O–H groups in total. The summed E-state index contributed by atoms with van der Waals surface area (Å²) in [5, 5.41) is 49.1. The summed E-state index contributed by atoms with van der Waals surface area (Å²) in [5.41, 5.74) is 14.2. The number of nitrogens with two attached hydrogens (primary N) is 2. The number of phenolic OH excluding ortho intramolecular Hbond substituents is 1. The van der Waals surface area contributed by atoms with E-state index in [9.17, 15) is 53.1 Å². The molecule has 37 nitrogen and oxygen atoms in total. The Balaban J connectivity index is 1.04. The Bertz CT molecular complexity index is 4830. The number of carbonyl (C=O) groups excluding carboxylic acids is 15. The van der Waals surface area contributed by atoms with Crippen LogP contribution in [0.25, 0.3) is 21.0 Å². The number of hydrogen-bond acceptors (Lipinski definition) is 20. The minimum Gasteiger partial charge on any atom is -0.508 e. The molecule has 0 aliphatic carbocycles. The second-order valence-corrected chi connectivity index (χ2v) is 34.8. The van der Waals surface area contributed by atoms with E-state index < -0.39 is 174 Å². The van der Waals surface area contributed by atoms with Crippen molar-refractivity contribution in [3.05, 3.63) is 119 Å². The number of aromatic nitrogens is 3. The molecule has 0 spiro atoms. The van der Waals surface area contributed by atoms with Gasteiger partial charge in [-0.1, -0.05) is 102 Å². The van der Waals surface area contributed by atoms with Crippen LogP contribution in [0.15, 0.2) is 96.9 Å². The number of guanidine groups is 1. The smallest absolute Gasteiger partial charge is 0.246 e. The highest BCUT2D eigenvalue weighted by molar-refractivity contribution is 7.99. The Morgan fingerprint density at radius 2 is 1.14 bits per heavy atom. The van der Waals surface area contributed by atoms with E-state index in [1.807, 2.05) is 81.6 Å². The average Bonchev–Trinajstić information content (AvgIpc) is 1.58. The van der Waals surface area contributed by atoms with Crippen LogP contribution in [0, 0.1) is 11.3 Å². The average molecular weight is 1780 g/mol. The summed E-state index contributed by atoms with van der Waals surface area (Å²) in [5.74, 6) is -12.3.